The molecule has 0 spiro atoms. The first-order chi connectivity index (χ1) is 7.79. The fourth-order valence-corrected chi connectivity index (χ4v) is 2.69. The van der Waals surface area contributed by atoms with E-state index in [2.05, 4.69) is 0 Å². The Balaban J connectivity index is 2.04. The largest absolute Gasteiger partial charge is 0.339 e. The Hall–Kier alpha value is -1.00. The monoisotopic (exact) mass is 236 g/mol. The zero-order valence-corrected chi connectivity index (χ0v) is 9.95. The first-order valence-electron chi connectivity index (χ1n) is 5.46. The van der Waals surface area contributed by atoms with Crippen molar-refractivity contribution in [3.63, 3.8) is 0 Å². The highest BCUT2D eigenvalue weighted by atomic mass is 32.2. The third-order valence-electron chi connectivity index (χ3n) is 2.75. The molecule has 1 fully saturated rings. The van der Waals surface area contributed by atoms with E-state index in [0.29, 0.717) is 0 Å². The Morgan fingerprint density at radius 1 is 1.25 bits per heavy atom. The predicted molar refractivity (Wildman–Crippen MR) is 67.3 cm³/mol. The zero-order valence-electron chi connectivity index (χ0n) is 9.13. The van der Waals surface area contributed by atoms with Gasteiger partial charge >= 0.3 is 0 Å². The maximum absolute atomic E-state index is 12.1. The number of thioether (sulfide) groups is 1. The van der Waals surface area contributed by atoms with Crippen LogP contribution in [-0.2, 0) is 4.79 Å². The highest BCUT2D eigenvalue weighted by Gasteiger charge is 2.23. The molecule has 1 aromatic carbocycles. The van der Waals surface area contributed by atoms with Gasteiger partial charge in [-0.05, 0) is 5.56 Å². The molecule has 3 nitrogen and oxygen atoms in total. The summed E-state index contributed by atoms with van der Waals surface area (Å²) in [6.45, 7) is 1.65. The second-order valence-corrected chi connectivity index (χ2v) is 5.05. The van der Waals surface area contributed by atoms with Crippen LogP contribution in [0.15, 0.2) is 30.3 Å². The van der Waals surface area contributed by atoms with Crippen LogP contribution < -0.4 is 5.73 Å². The summed E-state index contributed by atoms with van der Waals surface area (Å²) in [5.41, 5.74) is 6.87. The summed E-state index contributed by atoms with van der Waals surface area (Å²) in [5.74, 6) is 2.09. The summed E-state index contributed by atoms with van der Waals surface area (Å²) in [6.07, 6.45) is 0. The van der Waals surface area contributed by atoms with Crippen LogP contribution in [-0.4, -0.2) is 35.4 Å². The molecule has 2 rings (SSSR count). The first-order valence-corrected chi connectivity index (χ1v) is 6.61. The SMILES string of the molecule is N[C@H](C(=O)N1CCSCC1)c1ccccc1. The van der Waals surface area contributed by atoms with Crippen LogP contribution in [0.25, 0.3) is 0 Å². The van der Waals surface area contributed by atoms with Gasteiger partial charge in [-0.3, -0.25) is 4.79 Å². The molecule has 0 unspecified atom stereocenters. The van der Waals surface area contributed by atoms with Crippen molar-refractivity contribution in [3.05, 3.63) is 35.9 Å². The molecule has 86 valence electrons. The van der Waals surface area contributed by atoms with Crippen LogP contribution in [0.1, 0.15) is 11.6 Å². The predicted octanol–water partition coefficient (Wildman–Crippen LogP) is 1.26. The van der Waals surface area contributed by atoms with Crippen LogP contribution in [0.2, 0.25) is 0 Å². The molecule has 1 heterocycles. The third kappa shape index (κ3) is 2.57. The van der Waals surface area contributed by atoms with Crippen LogP contribution in [0.4, 0.5) is 0 Å². The van der Waals surface area contributed by atoms with Gasteiger partial charge in [0.2, 0.25) is 5.91 Å². The van der Waals surface area contributed by atoms with E-state index in [1.165, 1.54) is 0 Å². The Bertz CT molecular complexity index is 349. The average Bonchev–Trinajstić information content (AvgIpc) is 2.39. The minimum absolute atomic E-state index is 0.0477. The Morgan fingerprint density at radius 3 is 2.50 bits per heavy atom. The fraction of sp³-hybridized carbons (Fsp3) is 0.417. The third-order valence-corrected chi connectivity index (χ3v) is 3.69. The van der Waals surface area contributed by atoms with E-state index in [9.17, 15) is 4.79 Å². The van der Waals surface area contributed by atoms with Crippen LogP contribution in [0.3, 0.4) is 0 Å². The number of carbonyl (C=O) groups is 1. The fourth-order valence-electron chi connectivity index (χ4n) is 1.78. The number of rotatable bonds is 2. The maximum atomic E-state index is 12.1. The summed E-state index contributed by atoms with van der Waals surface area (Å²) in [4.78, 5) is 14.0. The molecule has 16 heavy (non-hydrogen) atoms. The lowest BCUT2D eigenvalue weighted by Gasteiger charge is -2.28. The number of nitrogens with zero attached hydrogens (tertiary/aromatic N) is 1. The zero-order chi connectivity index (χ0) is 11.4. The van der Waals surface area contributed by atoms with E-state index in [1.807, 2.05) is 47.0 Å². The van der Waals surface area contributed by atoms with Crippen molar-refractivity contribution >= 4 is 17.7 Å². The van der Waals surface area contributed by atoms with Gasteiger partial charge in [-0.25, -0.2) is 0 Å². The summed E-state index contributed by atoms with van der Waals surface area (Å²) in [6, 6.07) is 9.05. The van der Waals surface area contributed by atoms with Crippen molar-refractivity contribution in [2.45, 2.75) is 6.04 Å². The molecule has 0 radical (unpaired) electrons. The molecular formula is C12H16N2OS. The number of amides is 1. The van der Waals surface area contributed by atoms with Crippen molar-refractivity contribution in [1.29, 1.82) is 0 Å². The summed E-state index contributed by atoms with van der Waals surface area (Å²) in [5, 5.41) is 0. The van der Waals surface area contributed by atoms with Crippen LogP contribution >= 0.6 is 11.8 Å². The quantitative estimate of drug-likeness (QED) is 0.841. The number of nitrogens with two attached hydrogens (primary N) is 1. The van der Waals surface area contributed by atoms with Gasteiger partial charge in [-0.15, -0.1) is 0 Å². The standard InChI is InChI=1S/C12H16N2OS/c13-11(10-4-2-1-3-5-10)12(15)14-6-8-16-9-7-14/h1-5,11H,6-9,13H2/t11-/m0/s1. The number of benzene rings is 1. The molecular weight excluding hydrogens is 220 g/mol. The molecule has 2 N–H and O–H groups in total. The smallest absolute Gasteiger partial charge is 0.244 e. The Kier molecular flexibility index (Phi) is 3.85. The van der Waals surface area contributed by atoms with Crippen molar-refractivity contribution < 1.29 is 4.79 Å². The second kappa shape index (κ2) is 5.37. The normalized spacial score (nSPS) is 18.2. The van der Waals surface area contributed by atoms with Crippen molar-refractivity contribution in [1.82, 2.24) is 4.90 Å². The van der Waals surface area contributed by atoms with Gasteiger partial charge in [0.1, 0.15) is 6.04 Å². The highest BCUT2D eigenvalue weighted by molar-refractivity contribution is 7.99. The second-order valence-electron chi connectivity index (χ2n) is 3.83. The summed E-state index contributed by atoms with van der Waals surface area (Å²) in [7, 11) is 0. The average molecular weight is 236 g/mol. The molecule has 4 heteroatoms. The highest BCUT2D eigenvalue weighted by Crippen LogP contribution is 2.16. The Morgan fingerprint density at radius 2 is 1.88 bits per heavy atom. The summed E-state index contributed by atoms with van der Waals surface area (Å²) >= 11 is 1.89. The van der Waals surface area contributed by atoms with Gasteiger partial charge < -0.3 is 10.6 Å². The van der Waals surface area contributed by atoms with E-state index in [1.54, 1.807) is 0 Å². The minimum Gasteiger partial charge on any atom is -0.339 e. The van der Waals surface area contributed by atoms with Gasteiger partial charge in [0, 0.05) is 24.6 Å². The van der Waals surface area contributed by atoms with Gasteiger partial charge in [-0.2, -0.15) is 11.8 Å². The van der Waals surface area contributed by atoms with Crippen molar-refractivity contribution in [2.24, 2.45) is 5.73 Å². The van der Waals surface area contributed by atoms with Gasteiger partial charge in [0.05, 0.1) is 0 Å². The maximum Gasteiger partial charge on any atom is 0.244 e. The number of carbonyl (C=O) groups excluding carboxylic acids is 1. The molecule has 1 aliphatic heterocycles. The lowest BCUT2D eigenvalue weighted by atomic mass is 10.1. The molecule has 0 aliphatic carbocycles. The first kappa shape index (κ1) is 11.5. The molecule has 1 saturated heterocycles. The minimum atomic E-state index is -0.510. The summed E-state index contributed by atoms with van der Waals surface area (Å²) < 4.78 is 0. The van der Waals surface area contributed by atoms with Gasteiger partial charge in [0.15, 0.2) is 0 Å². The molecule has 1 aliphatic rings. The lowest BCUT2D eigenvalue weighted by Crippen LogP contribution is -2.43. The van der Waals surface area contributed by atoms with E-state index < -0.39 is 6.04 Å². The lowest BCUT2D eigenvalue weighted by molar-refractivity contribution is -0.132. The van der Waals surface area contributed by atoms with Gasteiger partial charge in [0.25, 0.3) is 0 Å². The number of hydrogen-bond acceptors (Lipinski definition) is 3. The molecule has 1 aromatic rings. The van der Waals surface area contributed by atoms with E-state index in [-0.39, 0.29) is 5.91 Å². The Labute approximate surface area is 100.0 Å². The van der Waals surface area contributed by atoms with E-state index >= 15 is 0 Å². The topological polar surface area (TPSA) is 46.3 Å². The van der Waals surface area contributed by atoms with E-state index in [4.69, 9.17) is 5.73 Å². The molecule has 0 saturated carbocycles. The van der Waals surface area contributed by atoms with Crippen molar-refractivity contribution in [2.75, 3.05) is 24.6 Å². The molecule has 1 amide bonds. The van der Waals surface area contributed by atoms with Crippen molar-refractivity contribution in [3.8, 4) is 0 Å². The molecule has 0 aromatic heterocycles. The van der Waals surface area contributed by atoms with Crippen LogP contribution in [0, 0.1) is 0 Å². The van der Waals surface area contributed by atoms with Crippen LogP contribution in [0.5, 0.6) is 0 Å². The molecule has 0 bridgehead atoms. The molecule has 1 atom stereocenters. The van der Waals surface area contributed by atoms with Gasteiger partial charge in [-0.1, -0.05) is 30.3 Å². The number of hydrogen-bond donors (Lipinski definition) is 1. The van der Waals surface area contributed by atoms with E-state index in [0.717, 1.165) is 30.2 Å².